The first kappa shape index (κ1) is 80.2. The summed E-state index contributed by atoms with van der Waals surface area (Å²) in [6.07, 6.45) is 1.59. The van der Waals surface area contributed by atoms with Crippen LogP contribution < -0.4 is 115 Å². The Morgan fingerprint density at radius 2 is 0.705 bits per heavy atom. The van der Waals surface area contributed by atoms with Gasteiger partial charge in [-0.25, -0.2) is 0 Å². The van der Waals surface area contributed by atoms with Crippen molar-refractivity contribution in [3.05, 3.63) is 71.8 Å². The van der Waals surface area contributed by atoms with E-state index in [1.165, 1.54) is 9.80 Å². The molecule has 0 saturated carbocycles. The van der Waals surface area contributed by atoms with Gasteiger partial charge < -0.3 is 125 Å². The number of amides is 10. The number of rotatable bonds is 16. The molecule has 0 spiro atoms. The van der Waals surface area contributed by atoms with Gasteiger partial charge in [-0.1, -0.05) is 116 Å². The molecule has 3 heterocycles. The predicted octanol–water partition coefficient (Wildman–Crippen LogP) is -15.7. The monoisotopic (exact) mass is 1310 g/mol. The summed E-state index contributed by atoms with van der Waals surface area (Å²) in [7, 11) is 0. The van der Waals surface area contributed by atoms with E-state index in [4.69, 9.17) is 0 Å². The number of nitrogens with one attached hydrogen (secondary N) is 8. The molecule has 5 rings (SSSR count). The Bertz CT molecular complexity index is 2420. The van der Waals surface area contributed by atoms with Gasteiger partial charge in [0.25, 0.3) is 0 Å². The van der Waals surface area contributed by atoms with Gasteiger partial charge in [0.1, 0.15) is 72.5 Å². The first-order valence-electron chi connectivity index (χ1n) is 30.2. The molecule has 24 nitrogen and oxygen atoms in total. The van der Waals surface area contributed by atoms with E-state index in [1.807, 2.05) is 39.8 Å². The molecule has 2 aromatic carbocycles. The molecule has 0 bridgehead atoms. The molecule has 3 aliphatic rings. The number of quaternary nitrogens is 4. The van der Waals surface area contributed by atoms with Crippen LogP contribution in [0.3, 0.4) is 0 Å². The van der Waals surface area contributed by atoms with Crippen molar-refractivity contribution in [1.82, 2.24) is 52.3 Å². The van der Waals surface area contributed by atoms with Gasteiger partial charge in [0, 0.05) is 25.7 Å². The average Bonchev–Trinajstić information content (AvgIpc) is 4.27. The lowest BCUT2D eigenvalue weighted by Gasteiger charge is -2.32. The molecule has 10 amide bonds. The van der Waals surface area contributed by atoms with Crippen LogP contribution in [0.25, 0.3) is 0 Å². The normalized spacial score (nSPS) is 26.7. The molecule has 3 aliphatic heterocycles. The quantitative estimate of drug-likeness (QED) is 0.0753. The van der Waals surface area contributed by atoms with Crippen LogP contribution in [0, 0.1) is 23.7 Å². The topological polar surface area (TPSA) is 384 Å². The highest BCUT2D eigenvalue weighted by Crippen LogP contribution is 2.23. The molecule has 20 N–H and O–H groups in total. The fourth-order valence-electron chi connectivity index (χ4n) is 11.2. The number of fused-ring (bicyclic) bond motifs is 2. The maximum atomic E-state index is 15.0. The zero-order chi connectivity index (χ0) is 61.9. The molecule has 88 heavy (non-hydrogen) atoms. The van der Waals surface area contributed by atoms with Gasteiger partial charge in [-0.3, -0.25) is 47.9 Å². The van der Waals surface area contributed by atoms with E-state index in [-0.39, 0.29) is 126 Å². The van der Waals surface area contributed by atoms with Crippen molar-refractivity contribution in [2.45, 2.75) is 192 Å². The molecule has 3 saturated heterocycles. The molecular weight excluding hydrogens is 1220 g/mol. The minimum absolute atomic E-state index is 0. The van der Waals surface area contributed by atoms with E-state index in [0.29, 0.717) is 37.1 Å². The Morgan fingerprint density at radius 1 is 0.409 bits per heavy atom. The minimum atomic E-state index is -1.25. The highest BCUT2D eigenvalue weighted by Gasteiger charge is 2.47. The van der Waals surface area contributed by atoms with E-state index in [0.717, 1.165) is 0 Å². The predicted molar refractivity (Wildman–Crippen MR) is 312 cm³/mol. The lowest BCUT2D eigenvalue weighted by atomic mass is 9.98. The maximum Gasteiger partial charge on any atom is 0.246 e. The lowest BCUT2D eigenvalue weighted by Crippen LogP contribution is -3.00. The van der Waals surface area contributed by atoms with E-state index in [9.17, 15) is 38.4 Å². The summed E-state index contributed by atoms with van der Waals surface area (Å²) in [4.78, 5) is 150. The summed E-state index contributed by atoms with van der Waals surface area (Å²) >= 11 is 0. The van der Waals surface area contributed by atoms with Crippen molar-refractivity contribution in [3.8, 4) is 0 Å². The third-order valence-corrected chi connectivity index (χ3v) is 15.7. The van der Waals surface area contributed by atoms with E-state index in [2.05, 4.69) is 65.5 Å². The van der Waals surface area contributed by atoms with Crippen molar-refractivity contribution in [2.75, 3.05) is 26.2 Å². The summed E-state index contributed by atoms with van der Waals surface area (Å²) in [5.41, 5.74) is 17.7. The Hall–Kier alpha value is -5.86. The van der Waals surface area contributed by atoms with Crippen LogP contribution in [0.1, 0.15) is 118 Å². The molecule has 0 aliphatic carbocycles. The number of benzene rings is 2. The van der Waals surface area contributed by atoms with Crippen molar-refractivity contribution >= 4 is 59.1 Å². The van der Waals surface area contributed by atoms with Gasteiger partial charge in [-0.05, 0) is 73.3 Å². The van der Waals surface area contributed by atoms with Gasteiger partial charge >= 0.3 is 0 Å². The average molecular weight is 1320 g/mol. The first-order chi connectivity index (χ1) is 39.8. The van der Waals surface area contributed by atoms with Crippen LogP contribution in [0.15, 0.2) is 60.7 Å². The van der Waals surface area contributed by atoms with Gasteiger partial charge in [0.05, 0.1) is 26.2 Å². The van der Waals surface area contributed by atoms with Crippen LogP contribution >= 0.6 is 0 Å². The van der Waals surface area contributed by atoms with Crippen molar-refractivity contribution in [2.24, 2.45) is 23.7 Å². The lowest BCUT2D eigenvalue weighted by molar-refractivity contribution is -0.414. The Kier molecular flexibility index (Phi) is 35.2. The zero-order valence-corrected chi connectivity index (χ0v) is 55.3. The van der Waals surface area contributed by atoms with Gasteiger partial charge in [-0.15, -0.1) is 0 Å². The second-order valence-electron chi connectivity index (χ2n) is 24.7. The molecule has 0 unspecified atom stereocenters. The summed E-state index contributed by atoms with van der Waals surface area (Å²) in [6, 6.07) is 5.21. The van der Waals surface area contributed by atoms with Gasteiger partial charge in [0.15, 0.2) is 0 Å². The standard InChI is InChI=1S/C60H94N14O10.4ClH/c1-33(2)25-43-53(77)69-45(27-37-17-11-9-12-18-37)59(83)73-31-39(63)29-47(73)55(79)72-50(36(7)8)58(82)66-42(22-16-24-62)52(76)68-44(26-34(3)4)54(78)70-46(28-38-19-13-10-14-20-38)60(84)74-32-40(64)30-48(74)56(80)71-49(35(5)6)57(81)65-41(21-15-23-61)51(75)67-43;;;;/h9-14,17-20,33-36,39-50H,15-16,21-32,61-64H2,1-8H3,(H,65,81)(H,66,82)(H,67,75)(H,68,76)(H,69,77)(H,70,78)(H,71,80)(H,72,79);4*1H/t39-,40-,41-,42-,43-,44-,45-,46-,47-,48-,49-,50-;;;;/m0..../s1. The third kappa shape index (κ3) is 23.5. The molecule has 496 valence electrons. The highest BCUT2D eigenvalue weighted by atomic mass is 35.5. The maximum absolute atomic E-state index is 15.0. The number of carbonyl (C=O) groups excluding carboxylic acids is 10. The number of halogens is 4. The zero-order valence-electron chi connectivity index (χ0n) is 52.2. The molecule has 3 fully saturated rings. The van der Waals surface area contributed by atoms with Crippen LogP contribution in [0.2, 0.25) is 0 Å². The van der Waals surface area contributed by atoms with Gasteiger partial charge in [-0.2, -0.15) is 0 Å². The minimum Gasteiger partial charge on any atom is -1.00 e. The summed E-state index contributed by atoms with van der Waals surface area (Å²) < 4.78 is 0. The third-order valence-electron chi connectivity index (χ3n) is 15.7. The van der Waals surface area contributed by atoms with Crippen LogP contribution in [0.4, 0.5) is 0 Å². The summed E-state index contributed by atoms with van der Waals surface area (Å²) in [5.74, 6) is -7.91. The first-order valence-corrected chi connectivity index (χ1v) is 30.2. The highest BCUT2D eigenvalue weighted by molar-refractivity contribution is 6.00. The fraction of sp³-hybridized carbons (Fsp3) is 0.633. The smallest absolute Gasteiger partial charge is 0.246 e. The van der Waals surface area contributed by atoms with Crippen molar-refractivity contribution in [1.29, 1.82) is 0 Å². The van der Waals surface area contributed by atoms with Crippen LogP contribution in [-0.4, -0.2) is 168 Å². The number of nitrogens with zero attached hydrogens (tertiary/aromatic N) is 2. The van der Waals surface area contributed by atoms with E-state index < -0.39 is 143 Å². The van der Waals surface area contributed by atoms with Crippen LogP contribution in [0.5, 0.6) is 0 Å². The van der Waals surface area contributed by atoms with Gasteiger partial charge in [0.2, 0.25) is 59.1 Å². The SMILES string of the molecule is CC(C)C[C@@H]1NC(=O)[C@H](CCC[NH3+])NC(=O)[C@H](C(C)C)NC(=O)[C@@H]2C[C@H]([NH3+])CN2C(=O)[C@H](Cc2ccccc2)NC(=O)[C@H](CC(C)C)NC(=O)[C@H](CCC[NH3+])NC(=O)[C@H](C(C)C)NC(=O)[C@@H]2C[C@H]([NH3+])CN2C(=O)[C@H](Cc2ccccc2)NC1=O.[Cl-].[Cl-].[Cl-].[Cl-]. The molecule has 2 aromatic rings. The largest absolute Gasteiger partial charge is 1.00 e. The fourth-order valence-corrected chi connectivity index (χ4v) is 11.2. The van der Waals surface area contributed by atoms with E-state index in [1.54, 1.807) is 76.2 Å². The van der Waals surface area contributed by atoms with E-state index >= 15 is 9.59 Å². The number of hydrogen-bond acceptors (Lipinski definition) is 10. The molecule has 12 atom stereocenters. The molecule has 0 aromatic heterocycles. The molecule has 28 heteroatoms. The second kappa shape index (κ2) is 38.6. The van der Waals surface area contributed by atoms with Crippen molar-refractivity contribution < 1.29 is 121 Å². The Labute approximate surface area is 542 Å². The van der Waals surface area contributed by atoms with Crippen molar-refractivity contribution in [3.63, 3.8) is 0 Å². The number of carbonyl (C=O) groups is 10. The Balaban J connectivity index is 0.00000968. The second-order valence-corrected chi connectivity index (χ2v) is 24.7. The summed E-state index contributed by atoms with van der Waals surface area (Å²) in [5, 5.41) is 23.0. The van der Waals surface area contributed by atoms with Crippen LogP contribution in [-0.2, 0) is 60.8 Å². The molecule has 0 radical (unpaired) electrons. The molecular formula is C60H98Cl4N14O10. The summed E-state index contributed by atoms with van der Waals surface area (Å²) in [6.45, 7) is 15.3. The number of hydrogen-bond donors (Lipinski definition) is 12. The Morgan fingerprint density at radius 3 is 1.00 bits per heavy atom.